The summed E-state index contributed by atoms with van der Waals surface area (Å²) in [5, 5.41) is 65.5. The Kier molecular flexibility index (Phi) is 5.57. The number of rotatable bonds is 4. The van der Waals surface area contributed by atoms with Gasteiger partial charge in [-0.25, -0.2) is 0 Å². The first-order valence-electron chi connectivity index (χ1n) is 12.1. The van der Waals surface area contributed by atoms with E-state index in [1.807, 2.05) is 13.8 Å². The summed E-state index contributed by atoms with van der Waals surface area (Å²) < 4.78 is 0. The third kappa shape index (κ3) is 3.19. The second-order valence-electron chi connectivity index (χ2n) is 12.2. The van der Waals surface area contributed by atoms with Crippen molar-refractivity contribution < 1.29 is 35.4 Å². The van der Waals surface area contributed by atoms with Crippen molar-refractivity contribution in [2.24, 2.45) is 22.7 Å². The summed E-state index contributed by atoms with van der Waals surface area (Å²) in [6, 6.07) is 0. The van der Waals surface area contributed by atoms with Gasteiger partial charge in [0.25, 0.3) is 0 Å². The number of allylic oxidation sites excluding steroid dienone is 1. The fourth-order valence-electron chi connectivity index (χ4n) is 7.69. The van der Waals surface area contributed by atoms with Gasteiger partial charge in [0.1, 0.15) is 0 Å². The Bertz CT molecular complexity index is 818. The minimum Gasteiger partial charge on any atom is -0.390 e. The van der Waals surface area contributed by atoms with Crippen LogP contribution in [0.15, 0.2) is 11.6 Å². The van der Waals surface area contributed by atoms with Crippen molar-refractivity contribution in [1.82, 2.24) is 0 Å². The summed E-state index contributed by atoms with van der Waals surface area (Å²) in [5.41, 5.74) is -4.95. The summed E-state index contributed by atoms with van der Waals surface area (Å²) in [6.07, 6.45) is 1.14. The number of aliphatic hydroxyl groups is 6. The summed E-state index contributed by atoms with van der Waals surface area (Å²) in [6.45, 7) is 7.11. The largest absolute Gasteiger partial charge is 0.390 e. The molecule has 0 aromatic carbocycles. The molecule has 0 heterocycles. The van der Waals surface area contributed by atoms with E-state index < -0.39 is 51.9 Å². The van der Waals surface area contributed by atoms with Gasteiger partial charge in [-0.3, -0.25) is 4.79 Å². The van der Waals surface area contributed by atoms with Gasteiger partial charge >= 0.3 is 0 Å². The fraction of sp³-hybridized carbons (Fsp3) is 0.880. The SMILES string of the molecule is CC(C)(O)CC[C@H](O)[C@]1(O)CC[C@@]2(O)C3=CC(=O)[C@@H]4C[C@H](O)[C@@H](O)C[C@]4(C)[C@H]3CC[C@@]21C. The number of hydrogen-bond donors (Lipinski definition) is 6. The van der Waals surface area contributed by atoms with Crippen LogP contribution in [0, 0.1) is 22.7 Å². The van der Waals surface area contributed by atoms with Gasteiger partial charge in [0.15, 0.2) is 5.78 Å². The van der Waals surface area contributed by atoms with E-state index in [4.69, 9.17) is 0 Å². The summed E-state index contributed by atoms with van der Waals surface area (Å²) in [7, 11) is 0. The third-order valence-corrected chi connectivity index (χ3v) is 9.91. The van der Waals surface area contributed by atoms with Gasteiger partial charge in [-0.05, 0) is 88.2 Å². The van der Waals surface area contributed by atoms with Crippen molar-refractivity contribution in [3.63, 3.8) is 0 Å². The van der Waals surface area contributed by atoms with Crippen molar-refractivity contribution in [3.05, 3.63) is 11.6 Å². The van der Waals surface area contributed by atoms with Crippen molar-refractivity contribution in [3.8, 4) is 0 Å². The molecule has 4 aliphatic rings. The second-order valence-corrected chi connectivity index (χ2v) is 12.2. The molecule has 0 aliphatic heterocycles. The number of ketones is 1. The third-order valence-electron chi connectivity index (χ3n) is 9.91. The number of fused-ring (bicyclic) bond motifs is 5. The van der Waals surface area contributed by atoms with Gasteiger partial charge in [-0.1, -0.05) is 13.8 Å². The topological polar surface area (TPSA) is 138 Å². The maximum atomic E-state index is 13.2. The molecule has 0 aromatic heterocycles. The normalized spacial score (nSPS) is 49.7. The molecule has 0 bridgehead atoms. The van der Waals surface area contributed by atoms with Gasteiger partial charge < -0.3 is 30.6 Å². The van der Waals surface area contributed by atoms with Crippen molar-refractivity contribution >= 4 is 5.78 Å². The molecular formula is C25H40O7. The highest BCUT2D eigenvalue weighted by atomic mass is 16.4. The summed E-state index contributed by atoms with van der Waals surface area (Å²) >= 11 is 0. The highest BCUT2D eigenvalue weighted by Gasteiger charge is 2.72. The van der Waals surface area contributed by atoms with Crippen LogP contribution >= 0.6 is 0 Å². The van der Waals surface area contributed by atoms with Crippen LogP contribution in [0.5, 0.6) is 0 Å². The molecule has 182 valence electrons. The first kappa shape index (κ1) is 24.3. The average molecular weight is 453 g/mol. The van der Waals surface area contributed by atoms with Crippen LogP contribution in [0.2, 0.25) is 0 Å². The minimum absolute atomic E-state index is 0.138. The average Bonchev–Trinajstić information content (AvgIpc) is 2.90. The zero-order chi connectivity index (χ0) is 23.9. The van der Waals surface area contributed by atoms with E-state index in [1.165, 1.54) is 6.08 Å². The molecule has 0 radical (unpaired) electrons. The first-order valence-corrected chi connectivity index (χ1v) is 12.1. The Hall–Kier alpha value is -0.830. The van der Waals surface area contributed by atoms with E-state index >= 15 is 0 Å². The maximum Gasteiger partial charge on any atom is 0.159 e. The van der Waals surface area contributed by atoms with Gasteiger partial charge in [0.2, 0.25) is 0 Å². The molecule has 9 atom stereocenters. The second kappa shape index (κ2) is 7.33. The molecule has 4 rings (SSSR count). The molecule has 0 amide bonds. The Labute approximate surface area is 190 Å². The quantitative estimate of drug-likeness (QED) is 0.377. The van der Waals surface area contributed by atoms with Crippen LogP contribution in [0.25, 0.3) is 0 Å². The molecule has 3 saturated carbocycles. The van der Waals surface area contributed by atoms with Gasteiger partial charge in [0, 0.05) is 11.3 Å². The van der Waals surface area contributed by atoms with Crippen LogP contribution < -0.4 is 0 Å². The van der Waals surface area contributed by atoms with E-state index in [9.17, 15) is 35.4 Å². The first-order chi connectivity index (χ1) is 14.6. The minimum atomic E-state index is -1.54. The molecule has 0 spiro atoms. The van der Waals surface area contributed by atoms with Crippen molar-refractivity contribution in [2.75, 3.05) is 0 Å². The Morgan fingerprint density at radius 1 is 1.09 bits per heavy atom. The lowest BCUT2D eigenvalue weighted by Gasteiger charge is -2.61. The molecule has 0 saturated heterocycles. The number of hydrogen-bond acceptors (Lipinski definition) is 7. The molecular weight excluding hydrogens is 412 g/mol. The fourth-order valence-corrected chi connectivity index (χ4v) is 7.69. The standard InChI is InChI=1S/C25H40O7/c1-21(2,30)7-6-20(29)25(32)10-9-24(31)15-11-17(26)16-12-18(27)19(28)13-22(16,3)14(15)5-8-23(24,25)4/h11,14,16,18-20,27-32H,5-10,12-13H2,1-4H3/t14-,16-,18-,19-,20-,22+,23-,24+,25+/m0/s1. The van der Waals surface area contributed by atoms with Crippen LogP contribution in [-0.2, 0) is 4.79 Å². The van der Waals surface area contributed by atoms with Crippen LogP contribution in [0.3, 0.4) is 0 Å². The van der Waals surface area contributed by atoms with E-state index in [0.29, 0.717) is 24.8 Å². The molecule has 32 heavy (non-hydrogen) atoms. The van der Waals surface area contributed by atoms with E-state index in [0.717, 1.165) is 0 Å². The van der Waals surface area contributed by atoms with Crippen molar-refractivity contribution in [1.29, 1.82) is 0 Å². The molecule has 0 unspecified atom stereocenters. The summed E-state index contributed by atoms with van der Waals surface area (Å²) in [5.74, 6) is -0.679. The zero-order valence-corrected chi connectivity index (χ0v) is 19.7. The lowest BCUT2D eigenvalue weighted by Crippen LogP contribution is -2.65. The smallest absolute Gasteiger partial charge is 0.159 e. The van der Waals surface area contributed by atoms with Crippen molar-refractivity contribution in [2.45, 2.75) is 114 Å². The number of carbonyl (C=O) groups is 1. The van der Waals surface area contributed by atoms with E-state index in [-0.39, 0.29) is 43.8 Å². The molecule has 7 nitrogen and oxygen atoms in total. The predicted octanol–water partition coefficient (Wildman–Crippen LogP) is 1.22. The lowest BCUT2D eigenvalue weighted by molar-refractivity contribution is -0.202. The Morgan fingerprint density at radius 3 is 2.38 bits per heavy atom. The van der Waals surface area contributed by atoms with Gasteiger partial charge in [-0.2, -0.15) is 0 Å². The highest BCUT2D eigenvalue weighted by molar-refractivity contribution is 5.95. The van der Waals surface area contributed by atoms with E-state index in [1.54, 1.807) is 13.8 Å². The zero-order valence-electron chi connectivity index (χ0n) is 19.7. The maximum absolute atomic E-state index is 13.2. The van der Waals surface area contributed by atoms with E-state index in [2.05, 4.69) is 0 Å². The van der Waals surface area contributed by atoms with Gasteiger partial charge in [0.05, 0.1) is 35.1 Å². The Balaban J connectivity index is 1.70. The number of aliphatic hydroxyl groups excluding tert-OH is 3. The number of carbonyl (C=O) groups excluding carboxylic acids is 1. The van der Waals surface area contributed by atoms with Crippen LogP contribution in [0.1, 0.15) is 79.1 Å². The van der Waals surface area contributed by atoms with Crippen LogP contribution in [-0.4, -0.2) is 71.5 Å². The molecule has 4 aliphatic carbocycles. The molecule has 6 N–H and O–H groups in total. The molecule has 0 aromatic rings. The monoisotopic (exact) mass is 452 g/mol. The molecule has 3 fully saturated rings. The summed E-state index contributed by atoms with van der Waals surface area (Å²) in [4.78, 5) is 13.2. The Morgan fingerprint density at radius 2 is 1.75 bits per heavy atom. The van der Waals surface area contributed by atoms with Crippen LogP contribution in [0.4, 0.5) is 0 Å². The predicted molar refractivity (Wildman–Crippen MR) is 117 cm³/mol. The highest BCUT2D eigenvalue weighted by Crippen LogP contribution is 2.68. The lowest BCUT2D eigenvalue weighted by atomic mass is 9.45. The van der Waals surface area contributed by atoms with Gasteiger partial charge in [-0.15, -0.1) is 0 Å². The molecule has 7 heteroatoms.